The van der Waals surface area contributed by atoms with Crippen LogP contribution in [0.4, 0.5) is 11.6 Å². The van der Waals surface area contributed by atoms with Gasteiger partial charge >= 0.3 is 5.69 Å². The molecule has 1 aliphatic heterocycles. The van der Waals surface area contributed by atoms with Crippen LogP contribution in [0.3, 0.4) is 0 Å². The second kappa shape index (κ2) is 7.43. The van der Waals surface area contributed by atoms with Gasteiger partial charge in [-0.25, -0.2) is 9.78 Å². The summed E-state index contributed by atoms with van der Waals surface area (Å²) in [7, 11) is 1.67. The van der Waals surface area contributed by atoms with E-state index in [1.165, 1.54) is 9.13 Å². The summed E-state index contributed by atoms with van der Waals surface area (Å²) < 4.78 is 8.45. The molecule has 1 N–H and O–H groups in total. The highest BCUT2D eigenvalue weighted by Crippen LogP contribution is 2.31. The molecule has 0 bridgehead atoms. The molecule has 0 saturated carbocycles. The molecule has 4 aromatic rings. The van der Waals surface area contributed by atoms with Crippen molar-refractivity contribution in [2.75, 3.05) is 18.5 Å². The summed E-state index contributed by atoms with van der Waals surface area (Å²) in [5.74, 6) is 0.362. The van der Waals surface area contributed by atoms with Gasteiger partial charge in [0.2, 0.25) is 5.95 Å². The molecule has 0 aliphatic carbocycles. The zero-order chi connectivity index (χ0) is 22.5. The Morgan fingerprint density at radius 1 is 1.19 bits per heavy atom. The average molecular weight is 429 g/mol. The van der Waals surface area contributed by atoms with Crippen LogP contribution in [0, 0.1) is 25.2 Å². The maximum absolute atomic E-state index is 13.1. The molecular formula is C23H23N7O2. The molecule has 32 heavy (non-hydrogen) atoms. The maximum atomic E-state index is 13.1. The van der Waals surface area contributed by atoms with Gasteiger partial charge in [-0.3, -0.25) is 14.1 Å². The molecule has 5 rings (SSSR count). The SMILES string of the molecule is Cc1cc2nccc(C)c2cc1Nc1ncc2c(n1)n(C1(C#N)CCOCC1)c(=O)n2C. The molecule has 0 unspecified atom stereocenters. The van der Waals surface area contributed by atoms with Gasteiger partial charge in [-0.1, -0.05) is 0 Å². The highest BCUT2D eigenvalue weighted by Gasteiger charge is 2.38. The van der Waals surface area contributed by atoms with Gasteiger partial charge in [-0.15, -0.1) is 0 Å². The van der Waals surface area contributed by atoms with E-state index in [1.807, 2.05) is 32.0 Å². The standard InChI is InChI=1S/C23H23N7O2/c1-14-4-7-25-18-10-15(2)17(11-16(14)18)27-21-26-12-19-20(28-21)30(22(31)29(19)3)23(13-24)5-8-32-9-6-23/h4,7,10-12H,5-6,8-9H2,1-3H3,(H,26,27,28). The van der Waals surface area contributed by atoms with Crippen LogP contribution in [-0.4, -0.2) is 37.3 Å². The van der Waals surface area contributed by atoms with Crippen molar-refractivity contribution in [1.29, 1.82) is 5.26 Å². The number of imidazole rings is 1. The number of nitrogens with one attached hydrogen (secondary N) is 1. The predicted molar refractivity (Wildman–Crippen MR) is 121 cm³/mol. The largest absolute Gasteiger partial charge is 0.381 e. The number of aromatic nitrogens is 5. The Balaban J connectivity index is 1.64. The molecule has 0 atom stereocenters. The van der Waals surface area contributed by atoms with Gasteiger partial charge < -0.3 is 10.1 Å². The van der Waals surface area contributed by atoms with Crippen molar-refractivity contribution in [2.45, 2.75) is 32.2 Å². The number of ether oxygens (including phenoxy) is 1. The lowest BCUT2D eigenvalue weighted by Gasteiger charge is -2.31. The molecule has 9 nitrogen and oxygen atoms in total. The van der Waals surface area contributed by atoms with E-state index in [0.717, 1.165) is 27.7 Å². The number of anilines is 2. The molecule has 1 aromatic carbocycles. The lowest BCUT2D eigenvalue weighted by atomic mass is 9.91. The van der Waals surface area contributed by atoms with E-state index in [2.05, 4.69) is 26.3 Å². The Hall–Kier alpha value is -3.77. The summed E-state index contributed by atoms with van der Waals surface area (Å²) in [5, 5.41) is 14.4. The Morgan fingerprint density at radius 2 is 1.97 bits per heavy atom. The first-order valence-corrected chi connectivity index (χ1v) is 10.5. The third-order valence-corrected chi connectivity index (χ3v) is 6.31. The van der Waals surface area contributed by atoms with Crippen molar-refractivity contribution < 1.29 is 4.74 Å². The van der Waals surface area contributed by atoms with Crippen LogP contribution in [0.15, 0.2) is 35.4 Å². The number of fused-ring (bicyclic) bond motifs is 2. The molecule has 1 aliphatic rings. The molecule has 9 heteroatoms. The van der Waals surface area contributed by atoms with Gasteiger partial charge in [-0.05, 0) is 43.2 Å². The van der Waals surface area contributed by atoms with Crippen molar-refractivity contribution in [3.63, 3.8) is 0 Å². The Kier molecular flexibility index (Phi) is 4.68. The van der Waals surface area contributed by atoms with E-state index < -0.39 is 5.54 Å². The third kappa shape index (κ3) is 3.03. The molecule has 3 aromatic heterocycles. The van der Waals surface area contributed by atoms with E-state index in [0.29, 0.717) is 43.2 Å². The van der Waals surface area contributed by atoms with Gasteiger partial charge in [-0.2, -0.15) is 10.2 Å². The molecule has 0 spiro atoms. The second-order valence-corrected chi connectivity index (χ2v) is 8.27. The summed E-state index contributed by atoms with van der Waals surface area (Å²) in [6.45, 7) is 4.89. The van der Waals surface area contributed by atoms with E-state index >= 15 is 0 Å². The van der Waals surface area contributed by atoms with Gasteiger partial charge in [0.15, 0.2) is 5.65 Å². The van der Waals surface area contributed by atoms with Crippen LogP contribution in [-0.2, 0) is 17.3 Å². The zero-order valence-electron chi connectivity index (χ0n) is 18.2. The number of hydrogen-bond acceptors (Lipinski definition) is 7. The lowest BCUT2D eigenvalue weighted by Crippen LogP contribution is -2.44. The molecule has 1 saturated heterocycles. The van der Waals surface area contributed by atoms with Crippen molar-refractivity contribution in [3.8, 4) is 6.07 Å². The highest BCUT2D eigenvalue weighted by atomic mass is 16.5. The van der Waals surface area contributed by atoms with E-state index in [9.17, 15) is 10.1 Å². The van der Waals surface area contributed by atoms with Crippen molar-refractivity contribution >= 4 is 33.7 Å². The van der Waals surface area contributed by atoms with Crippen molar-refractivity contribution in [1.82, 2.24) is 24.1 Å². The molecule has 1 fully saturated rings. The lowest BCUT2D eigenvalue weighted by molar-refractivity contribution is 0.0448. The molecule has 4 heterocycles. The van der Waals surface area contributed by atoms with Crippen LogP contribution in [0.1, 0.15) is 24.0 Å². The number of hydrogen-bond donors (Lipinski definition) is 1. The second-order valence-electron chi connectivity index (χ2n) is 8.27. The van der Waals surface area contributed by atoms with Crippen molar-refractivity contribution in [2.24, 2.45) is 7.05 Å². The number of rotatable bonds is 3. The summed E-state index contributed by atoms with van der Waals surface area (Å²) in [5.41, 5.74) is 3.67. The van der Waals surface area contributed by atoms with Crippen LogP contribution in [0.5, 0.6) is 0 Å². The van der Waals surface area contributed by atoms with E-state index in [1.54, 1.807) is 19.4 Å². The van der Waals surface area contributed by atoms with Crippen LogP contribution >= 0.6 is 0 Å². The summed E-state index contributed by atoms with van der Waals surface area (Å²) in [6.07, 6.45) is 4.30. The minimum atomic E-state index is -0.984. The summed E-state index contributed by atoms with van der Waals surface area (Å²) in [6, 6.07) is 8.40. The number of aryl methyl sites for hydroxylation is 3. The van der Waals surface area contributed by atoms with Crippen LogP contribution in [0.25, 0.3) is 22.1 Å². The van der Waals surface area contributed by atoms with E-state index in [4.69, 9.17) is 4.74 Å². The first kappa shape index (κ1) is 20.2. The number of pyridine rings is 1. The summed E-state index contributed by atoms with van der Waals surface area (Å²) in [4.78, 5) is 26.7. The quantitative estimate of drug-likeness (QED) is 0.533. The molecular weight excluding hydrogens is 406 g/mol. The van der Waals surface area contributed by atoms with Gasteiger partial charge in [0.05, 0.1) is 17.8 Å². The Morgan fingerprint density at radius 3 is 2.72 bits per heavy atom. The topological polar surface area (TPSA) is 111 Å². The molecule has 162 valence electrons. The van der Waals surface area contributed by atoms with Crippen LogP contribution in [0.2, 0.25) is 0 Å². The minimum absolute atomic E-state index is 0.279. The van der Waals surface area contributed by atoms with E-state index in [-0.39, 0.29) is 5.69 Å². The smallest absolute Gasteiger partial charge is 0.331 e. The minimum Gasteiger partial charge on any atom is -0.381 e. The monoisotopic (exact) mass is 429 g/mol. The zero-order valence-corrected chi connectivity index (χ0v) is 18.2. The van der Waals surface area contributed by atoms with Gasteiger partial charge in [0.25, 0.3) is 0 Å². The van der Waals surface area contributed by atoms with Gasteiger partial charge in [0.1, 0.15) is 11.1 Å². The number of nitriles is 1. The predicted octanol–water partition coefficient (Wildman–Crippen LogP) is 3.07. The Labute approximate surface area is 184 Å². The fraction of sp³-hybridized carbons (Fsp3) is 0.348. The molecule has 0 amide bonds. The normalized spacial score (nSPS) is 15.7. The number of benzene rings is 1. The number of nitrogens with zero attached hydrogens (tertiary/aromatic N) is 6. The van der Waals surface area contributed by atoms with Crippen molar-refractivity contribution in [3.05, 3.63) is 52.2 Å². The Bertz CT molecular complexity index is 1460. The van der Waals surface area contributed by atoms with Gasteiger partial charge in [0, 0.05) is 50.4 Å². The molecule has 0 radical (unpaired) electrons. The summed E-state index contributed by atoms with van der Waals surface area (Å²) >= 11 is 0. The fourth-order valence-electron chi connectivity index (χ4n) is 4.34. The van der Waals surface area contributed by atoms with Crippen LogP contribution < -0.4 is 11.0 Å². The first-order valence-electron chi connectivity index (χ1n) is 10.5. The maximum Gasteiger partial charge on any atom is 0.331 e. The average Bonchev–Trinajstić information content (AvgIpc) is 3.05. The fourth-order valence-corrected chi connectivity index (χ4v) is 4.34. The third-order valence-electron chi connectivity index (χ3n) is 6.31. The highest BCUT2D eigenvalue weighted by molar-refractivity contribution is 5.87. The first-order chi connectivity index (χ1) is 15.4.